The highest BCUT2D eigenvalue weighted by molar-refractivity contribution is 5.95. The predicted molar refractivity (Wildman–Crippen MR) is 104 cm³/mol. The molecule has 0 unspecified atom stereocenters. The summed E-state index contributed by atoms with van der Waals surface area (Å²) in [5, 5.41) is 5.20. The van der Waals surface area contributed by atoms with Gasteiger partial charge in [0.05, 0.1) is 24.1 Å². The van der Waals surface area contributed by atoms with Gasteiger partial charge in [0.2, 0.25) is 0 Å². The molecule has 0 amide bonds. The maximum Gasteiger partial charge on any atom is 0.183 e. The second-order valence-electron chi connectivity index (χ2n) is 7.82. The number of nitrogens with zero attached hydrogens (tertiary/aromatic N) is 3. The van der Waals surface area contributed by atoms with Gasteiger partial charge < -0.3 is 9.72 Å². The Morgan fingerprint density at radius 1 is 1.36 bits per heavy atom. The van der Waals surface area contributed by atoms with Crippen LogP contribution in [0.3, 0.4) is 0 Å². The number of carbonyl (C=O) groups excluding carboxylic acids is 1. The number of nitrogens with one attached hydrogen (secondary N) is 1. The van der Waals surface area contributed by atoms with Crippen molar-refractivity contribution in [2.75, 3.05) is 19.7 Å². The Labute approximate surface area is 162 Å². The zero-order chi connectivity index (χ0) is 19.3. The van der Waals surface area contributed by atoms with Crippen molar-refractivity contribution in [3.8, 4) is 11.4 Å². The number of H-pyrrole nitrogens is 1. The number of hydrogen-bond acceptors (Lipinski definition) is 4. The first-order chi connectivity index (χ1) is 13.6. The van der Waals surface area contributed by atoms with Crippen molar-refractivity contribution in [3.63, 3.8) is 0 Å². The first-order valence-corrected chi connectivity index (χ1v) is 9.78. The van der Waals surface area contributed by atoms with Crippen molar-refractivity contribution in [2.45, 2.75) is 31.4 Å². The van der Waals surface area contributed by atoms with E-state index in [0.717, 1.165) is 54.8 Å². The number of aromatic amines is 1. The highest BCUT2D eigenvalue weighted by Crippen LogP contribution is 2.28. The number of hydrogen-bond donors (Lipinski definition) is 1. The summed E-state index contributed by atoms with van der Waals surface area (Å²) in [7, 11) is 1.82. The lowest BCUT2D eigenvalue weighted by molar-refractivity contribution is 0.0301. The number of ketones is 1. The van der Waals surface area contributed by atoms with E-state index in [1.165, 1.54) is 12.1 Å². The van der Waals surface area contributed by atoms with Crippen LogP contribution < -0.4 is 0 Å². The van der Waals surface area contributed by atoms with Crippen molar-refractivity contribution in [1.29, 1.82) is 0 Å². The van der Waals surface area contributed by atoms with Crippen LogP contribution in [0.2, 0.25) is 0 Å². The summed E-state index contributed by atoms with van der Waals surface area (Å²) in [5.41, 5.74) is 2.97. The number of benzene rings is 1. The summed E-state index contributed by atoms with van der Waals surface area (Å²) in [4.78, 5) is 18.3. The number of carbonyl (C=O) groups is 1. The highest BCUT2D eigenvalue weighted by atomic mass is 19.1. The molecule has 6 nitrogen and oxygen atoms in total. The van der Waals surface area contributed by atoms with Gasteiger partial charge in [-0.1, -0.05) is 0 Å². The third-order valence-electron chi connectivity index (χ3n) is 5.89. The molecule has 2 aromatic heterocycles. The van der Waals surface area contributed by atoms with E-state index in [-0.39, 0.29) is 11.6 Å². The molecule has 0 saturated carbocycles. The molecule has 2 saturated heterocycles. The number of morpholine rings is 1. The number of aromatic nitrogens is 3. The number of rotatable bonds is 6. The Morgan fingerprint density at radius 2 is 2.25 bits per heavy atom. The molecule has 2 aliphatic rings. The van der Waals surface area contributed by atoms with E-state index in [9.17, 15) is 9.18 Å². The van der Waals surface area contributed by atoms with E-state index in [1.54, 1.807) is 10.7 Å². The van der Waals surface area contributed by atoms with Crippen LogP contribution >= 0.6 is 0 Å². The van der Waals surface area contributed by atoms with E-state index in [1.807, 2.05) is 19.2 Å². The monoisotopic (exact) mass is 382 g/mol. The quantitative estimate of drug-likeness (QED) is 0.666. The van der Waals surface area contributed by atoms with Gasteiger partial charge in [0, 0.05) is 37.0 Å². The number of halogens is 1. The Kier molecular flexibility index (Phi) is 4.29. The minimum atomic E-state index is -0.267. The molecule has 2 atom stereocenters. The molecule has 0 aliphatic carbocycles. The van der Waals surface area contributed by atoms with Gasteiger partial charge in [-0.15, -0.1) is 0 Å². The number of aryl methyl sites for hydroxylation is 1. The van der Waals surface area contributed by atoms with Crippen LogP contribution in [0.4, 0.5) is 4.39 Å². The summed E-state index contributed by atoms with van der Waals surface area (Å²) >= 11 is 0. The first kappa shape index (κ1) is 17.6. The fraction of sp³-hybridized carbons (Fsp3) is 0.429. The molecule has 28 heavy (non-hydrogen) atoms. The molecule has 1 aromatic carbocycles. The lowest BCUT2D eigenvalue weighted by Crippen LogP contribution is -2.37. The molecule has 0 spiro atoms. The van der Waals surface area contributed by atoms with Crippen molar-refractivity contribution < 1.29 is 13.9 Å². The van der Waals surface area contributed by atoms with Gasteiger partial charge >= 0.3 is 0 Å². The van der Waals surface area contributed by atoms with E-state index < -0.39 is 0 Å². The molecule has 2 aliphatic heterocycles. The summed E-state index contributed by atoms with van der Waals surface area (Å²) < 4.78 is 20.8. The molecule has 1 N–H and O–H groups in total. The maximum absolute atomic E-state index is 13.4. The van der Waals surface area contributed by atoms with Crippen LogP contribution in [0.15, 0.2) is 30.3 Å². The van der Waals surface area contributed by atoms with Crippen molar-refractivity contribution in [1.82, 2.24) is 19.7 Å². The summed E-state index contributed by atoms with van der Waals surface area (Å²) in [6, 6.07) is 8.87. The number of fused-ring (bicyclic) bond motifs is 3. The first-order valence-electron chi connectivity index (χ1n) is 9.78. The molecular weight excluding hydrogens is 359 g/mol. The second-order valence-corrected chi connectivity index (χ2v) is 7.82. The number of likely N-dealkylation sites (tertiary alicyclic amines) is 1. The molecule has 4 heterocycles. The van der Waals surface area contributed by atoms with Crippen molar-refractivity contribution >= 4 is 16.7 Å². The standard InChI is InChI=1S/C21H23FN4O2/c1-25-20(18-8-13-7-14(22)4-5-17(13)23-18)10-19(24-25)21(27)3-2-6-26-11-16-9-15(26)12-28-16/h4-5,7-8,10,15-16,23H,2-3,6,9,11-12H2,1H3/t15-,16-/m0/s1. The molecule has 7 heteroatoms. The zero-order valence-corrected chi connectivity index (χ0v) is 15.8. The molecular formula is C21H23FN4O2. The average molecular weight is 382 g/mol. The summed E-state index contributed by atoms with van der Waals surface area (Å²) in [6.45, 7) is 2.76. The largest absolute Gasteiger partial charge is 0.375 e. The van der Waals surface area contributed by atoms with E-state index in [2.05, 4.69) is 15.0 Å². The third kappa shape index (κ3) is 3.14. The average Bonchev–Trinajstić information content (AvgIpc) is 3.43. The van der Waals surface area contributed by atoms with E-state index in [4.69, 9.17) is 4.74 Å². The molecule has 3 aromatic rings. The Bertz CT molecular complexity index is 1040. The van der Waals surface area contributed by atoms with Crippen LogP contribution in [0.25, 0.3) is 22.3 Å². The van der Waals surface area contributed by atoms with Gasteiger partial charge in [-0.2, -0.15) is 5.10 Å². The molecule has 5 rings (SSSR count). The van der Waals surface area contributed by atoms with E-state index >= 15 is 0 Å². The topological polar surface area (TPSA) is 63.1 Å². The minimum absolute atomic E-state index is 0.0598. The molecule has 0 radical (unpaired) electrons. The molecule has 2 bridgehead atoms. The SMILES string of the molecule is Cn1nc(C(=O)CCCN2C[C@@H]3C[C@H]2CO3)cc1-c1cc2cc(F)ccc2[nH]1. The fourth-order valence-electron chi connectivity index (χ4n) is 4.42. The lowest BCUT2D eigenvalue weighted by atomic mass is 10.1. The number of ether oxygens (including phenoxy) is 1. The normalized spacial score (nSPS) is 21.8. The smallest absolute Gasteiger partial charge is 0.183 e. The third-order valence-corrected chi connectivity index (χ3v) is 5.89. The van der Waals surface area contributed by atoms with Gasteiger partial charge in [0.25, 0.3) is 0 Å². The summed E-state index contributed by atoms with van der Waals surface area (Å²) in [5.74, 6) is -0.207. The Morgan fingerprint density at radius 3 is 3.04 bits per heavy atom. The number of Topliss-reactive ketones (excluding diaryl/α,β-unsaturated/α-hetero) is 1. The van der Waals surface area contributed by atoms with Gasteiger partial charge in [-0.3, -0.25) is 14.4 Å². The van der Waals surface area contributed by atoms with Crippen LogP contribution in [0.5, 0.6) is 0 Å². The van der Waals surface area contributed by atoms with Crippen LogP contribution in [0, 0.1) is 5.82 Å². The van der Waals surface area contributed by atoms with Gasteiger partial charge in [0.15, 0.2) is 5.78 Å². The van der Waals surface area contributed by atoms with Crippen molar-refractivity contribution in [2.24, 2.45) is 7.05 Å². The van der Waals surface area contributed by atoms with Gasteiger partial charge in [-0.05, 0) is 49.7 Å². The summed E-state index contributed by atoms with van der Waals surface area (Å²) in [6.07, 6.45) is 2.85. The van der Waals surface area contributed by atoms with Gasteiger partial charge in [-0.25, -0.2) is 4.39 Å². The zero-order valence-electron chi connectivity index (χ0n) is 15.8. The van der Waals surface area contributed by atoms with Crippen LogP contribution in [-0.4, -0.2) is 57.3 Å². The van der Waals surface area contributed by atoms with Gasteiger partial charge in [0.1, 0.15) is 11.5 Å². The molecule has 146 valence electrons. The van der Waals surface area contributed by atoms with Crippen molar-refractivity contribution in [3.05, 3.63) is 41.8 Å². The van der Waals surface area contributed by atoms with Crippen LogP contribution in [-0.2, 0) is 11.8 Å². The second kappa shape index (κ2) is 6.83. The Hall–Kier alpha value is -2.51. The lowest BCUT2D eigenvalue weighted by Gasteiger charge is -2.26. The minimum Gasteiger partial charge on any atom is -0.375 e. The van der Waals surface area contributed by atoms with E-state index in [0.29, 0.717) is 24.3 Å². The Balaban J connectivity index is 1.26. The fourth-order valence-corrected chi connectivity index (χ4v) is 4.42. The predicted octanol–water partition coefficient (Wildman–Crippen LogP) is 3.14. The maximum atomic E-state index is 13.4. The highest BCUT2D eigenvalue weighted by Gasteiger charge is 2.38. The molecule has 2 fully saturated rings. The van der Waals surface area contributed by atoms with Crippen LogP contribution in [0.1, 0.15) is 29.8 Å².